The topological polar surface area (TPSA) is 75.9 Å². The van der Waals surface area contributed by atoms with Crippen molar-refractivity contribution in [3.05, 3.63) is 47.1 Å². The van der Waals surface area contributed by atoms with Crippen LogP contribution in [0.3, 0.4) is 0 Å². The summed E-state index contributed by atoms with van der Waals surface area (Å²) in [5.74, 6) is -0.338. The summed E-state index contributed by atoms with van der Waals surface area (Å²) >= 11 is 1.54. The van der Waals surface area contributed by atoms with Gasteiger partial charge < -0.3 is 15.2 Å². The number of aromatic carboxylic acids is 1. The number of aromatic nitrogens is 2. The van der Waals surface area contributed by atoms with Gasteiger partial charge in [-0.15, -0.1) is 11.3 Å². The van der Waals surface area contributed by atoms with Crippen LogP contribution < -0.4 is 10.1 Å². The predicted molar refractivity (Wildman–Crippen MR) is 80.3 cm³/mol. The summed E-state index contributed by atoms with van der Waals surface area (Å²) in [6.07, 6.45) is 1.94. The van der Waals surface area contributed by atoms with E-state index in [1.54, 1.807) is 42.7 Å². The molecule has 7 heteroatoms. The molecule has 0 aliphatic rings. The molecule has 0 aliphatic carbocycles. The van der Waals surface area contributed by atoms with Crippen LogP contribution in [0.2, 0.25) is 0 Å². The van der Waals surface area contributed by atoms with Crippen LogP contribution in [0.1, 0.15) is 16.1 Å². The smallest absolute Gasteiger partial charge is 0.335 e. The maximum atomic E-state index is 10.8. The van der Waals surface area contributed by atoms with E-state index in [0.29, 0.717) is 12.4 Å². The van der Waals surface area contributed by atoms with Crippen LogP contribution in [-0.4, -0.2) is 27.6 Å². The summed E-state index contributed by atoms with van der Waals surface area (Å²) in [5, 5.41) is 14.1. The molecule has 0 spiro atoms. The lowest BCUT2D eigenvalue weighted by Crippen LogP contribution is -2.04. The Balaban J connectivity index is 1.79. The molecular weight excluding hydrogens is 290 g/mol. The second kappa shape index (κ2) is 5.45. The number of nitrogens with zero attached hydrogens (tertiary/aromatic N) is 2. The molecule has 21 heavy (non-hydrogen) atoms. The van der Waals surface area contributed by atoms with Crippen LogP contribution in [0, 0.1) is 0 Å². The fourth-order valence-electron chi connectivity index (χ4n) is 2.05. The van der Waals surface area contributed by atoms with E-state index in [4.69, 9.17) is 9.84 Å². The van der Waals surface area contributed by atoms with Crippen molar-refractivity contribution in [2.45, 2.75) is 6.54 Å². The molecule has 0 atom stereocenters. The van der Waals surface area contributed by atoms with Crippen molar-refractivity contribution in [1.29, 1.82) is 0 Å². The second-order valence-electron chi connectivity index (χ2n) is 4.36. The van der Waals surface area contributed by atoms with Crippen LogP contribution in [0.25, 0.3) is 4.96 Å². The van der Waals surface area contributed by atoms with Crippen LogP contribution >= 0.6 is 11.3 Å². The molecule has 0 amide bonds. The van der Waals surface area contributed by atoms with E-state index in [-0.39, 0.29) is 5.56 Å². The third kappa shape index (κ3) is 2.55. The van der Waals surface area contributed by atoms with Crippen molar-refractivity contribution in [1.82, 2.24) is 9.38 Å². The zero-order valence-electron chi connectivity index (χ0n) is 11.2. The quantitative estimate of drug-likeness (QED) is 0.758. The number of thiazole rings is 1. The summed E-state index contributed by atoms with van der Waals surface area (Å²) in [5.41, 5.74) is 2.03. The Labute approximate surface area is 124 Å². The Morgan fingerprint density at radius 1 is 1.43 bits per heavy atom. The summed E-state index contributed by atoms with van der Waals surface area (Å²) in [6, 6.07) is 6.61. The number of hydrogen-bond acceptors (Lipinski definition) is 5. The fourth-order valence-corrected chi connectivity index (χ4v) is 2.78. The standard InChI is InChI=1S/C14H13N3O3S/c1-20-12-11(17-6-7-21-14(17)16-12)8-15-10-4-2-9(3-5-10)13(18)19/h2-7,15H,8H2,1H3,(H,18,19). The Bertz CT molecular complexity index is 776. The van der Waals surface area contributed by atoms with Gasteiger partial charge in [0.15, 0.2) is 4.96 Å². The van der Waals surface area contributed by atoms with Gasteiger partial charge in [0.2, 0.25) is 5.88 Å². The van der Waals surface area contributed by atoms with Gasteiger partial charge in [-0.1, -0.05) is 0 Å². The zero-order chi connectivity index (χ0) is 14.8. The van der Waals surface area contributed by atoms with Gasteiger partial charge in [0.1, 0.15) is 5.69 Å². The van der Waals surface area contributed by atoms with Crippen LogP contribution in [0.15, 0.2) is 35.8 Å². The van der Waals surface area contributed by atoms with Gasteiger partial charge in [-0.05, 0) is 24.3 Å². The first-order chi connectivity index (χ1) is 10.2. The first-order valence-electron chi connectivity index (χ1n) is 6.24. The van der Waals surface area contributed by atoms with E-state index < -0.39 is 5.97 Å². The molecule has 2 aromatic heterocycles. The molecule has 3 rings (SSSR count). The Kier molecular flexibility index (Phi) is 3.49. The van der Waals surface area contributed by atoms with E-state index in [9.17, 15) is 4.79 Å². The number of anilines is 1. The Morgan fingerprint density at radius 3 is 2.86 bits per heavy atom. The first kappa shape index (κ1) is 13.4. The lowest BCUT2D eigenvalue weighted by Gasteiger charge is -2.07. The average molecular weight is 303 g/mol. The Morgan fingerprint density at radius 2 is 2.19 bits per heavy atom. The van der Waals surface area contributed by atoms with Gasteiger partial charge in [0.05, 0.1) is 19.2 Å². The van der Waals surface area contributed by atoms with Gasteiger partial charge in [-0.2, -0.15) is 4.98 Å². The molecule has 6 nitrogen and oxygen atoms in total. The van der Waals surface area contributed by atoms with Gasteiger partial charge in [0.25, 0.3) is 0 Å². The minimum atomic E-state index is -0.931. The number of imidazole rings is 1. The zero-order valence-corrected chi connectivity index (χ0v) is 12.1. The molecule has 0 saturated carbocycles. The van der Waals surface area contributed by atoms with E-state index in [2.05, 4.69) is 10.3 Å². The molecule has 108 valence electrons. The summed E-state index contributed by atoms with van der Waals surface area (Å²) in [7, 11) is 1.59. The number of ether oxygens (including phenoxy) is 1. The molecule has 2 N–H and O–H groups in total. The van der Waals surface area contributed by atoms with Crippen molar-refractivity contribution in [3.63, 3.8) is 0 Å². The highest BCUT2D eigenvalue weighted by atomic mass is 32.1. The third-order valence-electron chi connectivity index (χ3n) is 3.11. The number of methoxy groups -OCH3 is 1. The highest BCUT2D eigenvalue weighted by Gasteiger charge is 2.13. The van der Waals surface area contributed by atoms with Crippen molar-refractivity contribution in [2.24, 2.45) is 0 Å². The summed E-state index contributed by atoms with van der Waals surface area (Å²) in [4.78, 5) is 16.1. The number of carboxylic acids is 1. The third-order valence-corrected chi connectivity index (χ3v) is 3.87. The van der Waals surface area contributed by atoms with Gasteiger partial charge in [-0.3, -0.25) is 4.40 Å². The fraction of sp³-hybridized carbons (Fsp3) is 0.143. The summed E-state index contributed by atoms with van der Waals surface area (Å²) in [6.45, 7) is 0.535. The minimum Gasteiger partial charge on any atom is -0.480 e. The van der Waals surface area contributed by atoms with E-state index >= 15 is 0 Å². The van der Waals surface area contributed by atoms with Crippen LogP contribution in [0.5, 0.6) is 5.88 Å². The lowest BCUT2D eigenvalue weighted by atomic mass is 10.2. The molecule has 0 radical (unpaired) electrons. The van der Waals surface area contributed by atoms with Gasteiger partial charge >= 0.3 is 5.97 Å². The van der Waals surface area contributed by atoms with Gasteiger partial charge in [0, 0.05) is 17.3 Å². The largest absolute Gasteiger partial charge is 0.480 e. The van der Waals surface area contributed by atoms with Gasteiger partial charge in [-0.25, -0.2) is 4.79 Å². The number of nitrogens with one attached hydrogen (secondary N) is 1. The first-order valence-corrected chi connectivity index (χ1v) is 7.12. The Hall–Kier alpha value is -2.54. The molecular formula is C14H13N3O3S. The molecule has 0 fully saturated rings. The summed E-state index contributed by atoms with van der Waals surface area (Å²) < 4.78 is 7.26. The van der Waals surface area contributed by atoms with Crippen LogP contribution in [0.4, 0.5) is 5.69 Å². The minimum absolute atomic E-state index is 0.266. The van der Waals surface area contributed by atoms with Crippen molar-refractivity contribution < 1.29 is 14.6 Å². The van der Waals surface area contributed by atoms with E-state index in [0.717, 1.165) is 16.3 Å². The molecule has 0 aliphatic heterocycles. The highest BCUT2D eigenvalue weighted by Crippen LogP contribution is 2.24. The number of fused-ring (bicyclic) bond motifs is 1. The molecule has 2 heterocycles. The number of benzene rings is 1. The lowest BCUT2D eigenvalue weighted by molar-refractivity contribution is 0.0697. The molecule has 0 bridgehead atoms. The second-order valence-corrected chi connectivity index (χ2v) is 5.23. The number of hydrogen-bond donors (Lipinski definition) is 2. The number of rotatable bonds is 5. The predicted octanol–water partition coefficient (Wildman–Crippen LogP) is 2.71. The van der Waals surface area contributed by atoms with Crippen molar-refractivity contribution in [2.75, 3.05) is 12.4 Å². The molecule has 0 saturated heterocycles. The van der Waals surface area contributed by atoms with Crippen molar-refractivity contribution in [3.8, 4) is 5.88 Å². The van der Waals surface area contributed by atoms with Crippen molar-refractivity contribution >= 4 is 28.0 Å². The van der Waals surface area contributed by atoms with E-state index in [1.807, 2.05) is 16.0 Å². The number of carboxylic acid groups (broad SMARTS) is 1. The molecule has 0 unspecified atom stereocenters. The average Bonchev–Trinajstić information content (AvgIpc) is 3.06. The SMILES string of the molecule is COc1nc2sccn2c1CNc1ccc(C(=O)O)cc1. The van der Waals surface area contributed by atoms with Crippen LogP contribution in [-0.2, 0) is 6.54 Å². The number of carbonyl (C=O) groups is 1. The highest BCUT2D eigenvalue weighted by molar-refractivity contribution is 7.15. The molecule has 1 aromatic carbocycles. The van der Waals surface area contributed by atoms with E-state index in [1.165, 1.54) is 0 Å². The normalized spacial score (nSPS) is 10.7. The monoisotopic (exact) mass is 303 g/mol. The molecule has 3 aromatic rings. The maximum absolute atomic E-state index is 10.8. The maximum Gasteiger partial charge on any atom is 0.335 e.